The second kappa shape index (κ2) is 6.66. The van der Waals surface area contributed by atoms with Crippen molar-refractivity contribution < 1.29 is 9.47 Å². The molecule has 0 radical (unpaired) electrons. The van der Waals surface area contributed by atoms with Crippen molar-refractivity contribution in [1.82, 2.24) is 10.2 Å². The highest BCUT2D eigenvalue weighted by atomic mass is 35.5. The monoisotopic (exact) mass is 298 g/mol. The number of benzene rings is 1. The SMILES string of the molecule is CC1NCCN(Cc2ccc3c(c2)OCCO3)C1C.Cl. The molecule has 2 aliphatic heterocycles. The van der Waals surface area contributed by atoms with E-state index in [4.69, 9.17) is 9.47 Å². The van der Waals surface area contributed by atoms with Crippen LogP contribution in [-0.2, 0) is 6.54 Å². The van der Waals surface area contributed by atoms with E-state index in [1.54, 1.807) is 0 Å². The topological polar surface area (TPSA) is 33.7 Å². The molecular weight excluding hydrogens is 276 g/mol. The summed E-state index contributed by atoms with van der Waals surface area (Å²) in [7, 11) is 0. The van der Waals surface area contributed by atoms with Crippen LogP contribution in [0.25, 0.3) is 0 Å². The number of ether oxygens (including phenoxy) is 2. The van der Waals surface area contributed by atoms with Crippen LogP contribution in [0, 0.1) is 0 Å². The first-order chi connectivity index (χ1) is 9.24. The minimum atomic E-state index is 0. The molecule has 0 spiro atoms. The van der Waals surface area contributed by atoms with Gasteiger partial charge < -0.3 is 14.8 Å². The van der Waals surface area contributed by atoms with Gasteiger partial charge in [-0.1, -0.05) is 6.07 Å². The van der Waals surface area contributed by atoms with Crippen molar-refractivity contribution in [3.8, 4) is 11.5 Å². The number of halogens is 1. The quantitative estimate of drug-likeness (QED) is 0.906. The summed E-state index contributed by atoms with van der Waals surface area (Å²) >= 11 is 0. The molecule has 20 heavy (non-hydrogen) atoms. The van der Waals surface area contributed by atoms with Crippen LogP contribution in [0.2, 0.25) is 0 Å². The molecule has 3 rings (SSSR count). The molecule has 1 fully saturated rings. The molecule has 1 saturated heterocycles. The Morgan fingerprint density at radius 2 is 1.95 bits per heavy atom. The van der Waals surface area contributed by atoms with E-state index in [9.17, 15) is 0 Å². The van der Waals surface area contributed by atoms with Gasteiger partial charge in [-0.15, -0.1) is 12.4 Å². The first-order valence-electron chi connectivity index (χ1n) is 7.10. The third kappa shape index (κ3) is 3.19. The third-order valence-electron chi connectivity index (χ3n) is 4.16. The molecule has 0 bridgehead atoms. The molecule has 4 nitrogen and oxygen atoms in total. The van der Waals surface area contributed by atoms with E-state index in [1.165, 1.54) is 5.56 Å². The van der Waals surface area contributed by atoms with Crippen molar-refractivity contribution in [2.75, 3.05) is 26.3 Å². The Bertz CT molecular complexity index is 455. The summed E-state index contributed by atoms with van der Waals surface area (Å²) in [4.78, 5) is 2.52. The molecule has 112 valence electrons. The second-order valence-electron chi connectivity index (χ2n) is 5.43. The molecule has 0 saturated carbocycles. The Labute approximate surface area is 126 Å². The summed E-state index contributed by atoms with van der Waals surface area (Å²) in [5.41, 5.74) is 1.30. The van der Waals surface area contributed by atoms with Crippen LogP contribution in [0.5, 0.6) is 11.5 Å². The average molecular weight is 299 g/mol. The molecule has 0 aliphatic carbocycles. The number of fused-ring (bicyclic) bond motifs is 1. The van der Waals surface area contributed by atoms with E-state index in [2.05, 4.69) is 36.2 Å². The van der Waals surface area contributed by atoms with E-state index in [-0.39, 0.29) is 12.4 Å². The van der Waals surface area contributed by atoms with Crippen LogP contribution >= 0.6 is 12.4 Å². The van der Waals surface area contributed by atoms with Gasteiger partial charge in [-0.2, -0.15) is 0 Å². The fraction of sp³-hybridized carbons (Fsp3) is 0.600. The predicted octanol–water partition coefficient (Wildman–Crippen LogP) is 2.06. The van der Waals surface area contributed by atoms with E-state index >= 15 is 0 Å². The average Bonchev–Trinajstić information content (AvgIpc) is 2.44. The van der Waals surface area contributed by atoms with Gasteiger partial charge in [-0.25, -0.2) is 0 Å². The van der Waals surface area contributed by atoms with Gasteiger partial charge in [0.15, 0.2) is 11.5 Å². The molecule has 2 atom stereocenters. The maximum absolute atomic E-state index is 5.65. The highest BCUT2D eigenvalue weighted by Crippen LogP contribution is 2.31. The van der Waals surface area contributed by atoms with Crippen LogP contribution in [0.15, 0.2) is 18.2 Å². The number of hydrogen-bond acceptors (Lipinski definition) is 4. The van der Waals surface area contributed by atoms with Crippen LogP contribution in [0.3, 0.4) is 0 Å². The van der Waals surface area contributed by atoms with E-state index in [0.717, 1.165) is 31.1 Å². The van der Waals surface area contributed by atoms with E-state index < -0.39 is 0 Å². The number of piperazine rings is 1. The fourth-order valence-electron chi connectivity index (χ4n) is 2.77. The Morgan fingerprint density at radius 1 is 1.20 bits per heavy atom. The van der Waals surface area contributed by atoms with Crippen molar-refractivity contribution in [2.24, 2.45) is 0 Å². The zero-order valence-corrected chi connectivity index (χ0v) is 12.9. The fourth-order valence-corrected chi connectivity index (χ4v) is 2.77. The lowest BCUT2D eigenvalue weighted by atomic mass is 10.1. The van der Waals surface area contributed by atoms with E-state index in [1.807, 2.05) is 6.07 Å². The van der Waals surface area contributed by atoms with Gasteiger partial charge in [0.2, 0.25) is 0 Å². The maximum Gasteiger partial charge on any atom is 0.161 e. The normalized spacial score (nSPS) is 25.9. The molecule has 5 heteroatoms. The van der Waals surface area contributed by atoms with Gasteiger partial charge in [0.1, 0.15) is 13.2 Å². The van der Waals surface area contributed by atoms with Crippen molar-refractivity contribution >= 4 is 12.4 Å². The molecule has 0 amide bonds. The molecule has 1 aromatic rings. The van der Waals surface area contributed by atoms with Crippen molar-refractivity contribution in [2.45, 2.75) is 32.5 Å². The largest absolute Gasteiger partial charge is 0.486 e. The molecule has 1 aromatic carbocycles. The zero-order chi connectivity index (χ0) is 13.2. The summed E-state index contributed by atoms with van der Waals surface area (Å²) in [6, 6.07) is 7.40. The molecule has 1 N–H and O–H groups in total. The second-order valence-corrected chi connectivity index (χ2v) is 5.43. The van der Waals surface area contributed by atoms with Crippen molar-refractivity contribution in [1.29, 1.82) is 0 Å². The highest BCUT2D eigenvalue weighted by Gasteiger charge is 2.24. The minimum Gasteiger partial charge on any atom is -0.486 e. The number of nitrogens with zero attached hydrogens (tertiary/aromatic N) is 1. The smallest absolute Gasteiger partial charge is 0.161 e. The maximum atomic E-state index is 5.65. The molecular formula is C15H23ClN2O2. The van der Waals surface area contributed by atoms with E-state index in [0.29, 0.717) is 25.3 Å². The summed E-state index contributed by atoms with van der Waals surface area (Å²) < 4.78 is 11.2. The first kappa shape index (κ1) is 15.4. The van der Waals surface area contributed by atoms with Gasteiger partial charge in [-0.3, -0.25) is 4.90 Å². The standard InChI is InChI=1S/C15H22N2O2.ClH/c1-11-12(2)17(6-5-16-11)10-13-3-4-14-15(9-13)19-8-7-18-14;/h3-4,9,11-12,16H,5-8,10H2,1-2H3;1H. The molecule has 2 aliphatic rings. The van der Waals surface area contributed by atoms with Gasteiger partial charge >= 0.3 is 0 Å². The number of nitrogens with one attached hydrogen (secondary N) is 1. The predicted molar refractivity (Wildman–Crippen MR) is 82.0 cm³/mol. The molecule has 2 unspecified atom stereocenters. The lowest BCUT2D eigenvalue weighted by Crippen LogP contribution is -2.54. The van der Waals surface area contributed by atoms with Crippen molar-refractivity contribution in [3.05, 3.63) is 23.8 Å². The summed E-state index contributed by atoms with van der Waals surface area (Å²) in [5, 5.41) is 3.51. The zero-order valence-electron chi connectivity index (χ0n) is 12.1. The number of hydrogen-bond donors (Lipinski definition) is 1. The van der Waals surface area contributed by atoms with Crippen LogP contribution in [0.4, 0.5) is 0 Å². The lowest BCUT2D eigenvalue weighted by Gasteiger charge is -2.38. The number of rotatable bonds is 2. The highest BCUT2D eigenvalue weighted by molar-refractivity contribution is 5.85. The minimum absolute atomic E-state index is 0. The Balaban J connectivity index is 0.00000147. The van der Waals surface area contributed by atoms with Gasteiger partial charge in [-0.05, 0) is 31.5 Å². The Morgan fingerprint density at radius 3 is 2.75 bits per heavy atom. The Kier molecular flexibility index (Phi) is 5.13. The summed E-state index contributed by atoms with van der Waals surface area (Å²) in [6.07, 6.45) is 0. The molecule has 0 aromatic heterocycles. The molecule has 2 heterocycles. The van der Waals surface area contributed by atoms with Gasteiger partial charge in [0, 0.05) is 31.7 Å². The van der Waals surface area contributed by atoms with Crippen LogP contribution in [0.1, 0.15) is 19.4 Å². The summed E-state index contributed by atoms with van der Waals surface area (Å²) in [6.45, 7) is 8.98. The summed E-state index contributed by atoms with van der Waals surface area (Å²) in [5.74, 6) is 1.76. The van der Waals surface area contributed by atoms with Crippen LogP contribution in [-0.4, -0.2) is 43.3 Å². The third-order valence-corrected chi connectivity index (χ3v) is 4.16. The van der Waals surface area contributed by atoms with Crippen LogP contribution < -0.4 is 14.8 Å². The van der Waals surface area contributed by atoms with Crippen molar-refractivity contribution in [3.63, 3.8) is 0 Å². The lowest BCUT2D eigenvalue weighted by molar-refractivity contribution is 0.130. The Hall–Kier alpha value is -0.970. The van der Waals surface area contributed by atoms with Gasteiger partial charge in [0.05, 0.1) is 0 Å². The van der Waals surface area contributed by atoms with Gasteiger partial charge in [0.25, 0.3) is 0 Å². The first-order valence-corrected chi connectivity index (χ1v) is 7.10.